The van der Waals surface area contributed by atoms with Crippen LogP contribution in [-0.2, 0) is 10.0 Å². The minimum absolute atomic E-state index is 0. The molecule has 0 aliphatic carbocycles. The monoisotopic (exact) mass is 310 g/mol. The third kappa shape index (κ3) is 5.44. The molecular weight excluding hydrogens is 291 g/mol. The van der Waals surface area contributed by atoms with Crippen LogP contribution in [0.4, 0.5) is 4.39 Å². The molecule has 4 nitrogen and oxygen atoms in total. The molecule has 0 atom stereocenters. The molecule has 0 unspecified atom stereocenters. The van der Waals surface area contributed by atoms with Gasteiger partial charge in [-0.2, -0.15) is 0 Å². The van der Waals surface area contributed by atoms with E-state index in [-0.39, 0.29) is 29.4 Å². The van der Waals surface area contributed by atoms with E-state index in [1.54, 1.807) is 0 Å². The van der Waals surface area contributed by atoms with Gasteiger partial charge in [-0.15, -0.1) is 12.4 Å². The zero-order chi connectivity index (χ0) is 13.6. The van der Waals surface area contributed by atoms with Gasteiger partial charge in [-0.1, -0.05) is 13.0 Å². The fourth-order valence-electron chi connectivity index (χ4n) is 1.53. The van der Waals surface area contributed by atoms with Crippen molar-refractivity contribution in [3.63, 3.8) is 0 Å². The first kappa shape index (κ1) is 18.3. The van der Waals surface area contributed by atoms with Crippen LogP contribution in [-0.4, -0.2) is 28.1 Å². The molecule has 110 valence electrons. The minimum Gasteiger partial charge on any atom is -0.315 e. The van der Waals surface area contributed by atoms with E-state index in [1.165, 1.54) is 25.1 Å². The predicted octanol–water partition coefficient (Wildman–Crippen LogP) is 1.83. The molecule has 2 N–H and O–H groups in total. The van der Waals surface area contributed by atoms with Gasteiger partial charge in [0, 0.05) is 18.7 Å². The average Bonchev–Trinajstić information content (AvgIpc) is 2.32. The topological polar surface area (TPSA) is 58.2 Å². The Morgan fingerprint density at radius 1 is 1.21 bits per heavy atom. The van der Waals surface area contributed by atoms with Gasteiger partial charge in [0.25, 0.3) is 0 Å². The molecule has 0 aliphatic heterocycles. The minimum atomic E-state index is -3.63. The highest BCUT2D eigenvalue weighted by Gasteiger charge is 2.17. The van der Waals surface area contributed by atoms with Gasteiger partial charge in [-0.3, -0.25) is 0 Å². The van der Waals surface area contributed by atoms with Crippen LogP contribution < -0.4 is 10.0 Å². The van der Waals surface area contributed by atoms with Crippen molar-refractivity contribution in [1.82, 2.24) is 10.0 Å². The van der Waals surface area contributed by atoms with Crippen molar-refractivity contribution < 1.29 is 12.8 Å². The largest absolute Gasteiger partial charge is 0.315 e. The molecule has 0 saturated carbocycles. The van der Waals surface area contributed by atoms with Gasteiger partial charge in [-0.25, -0.2) is 17.5 Å². The highest BCUT2D eigenvalue weighted by Crippen LogP contribution is 2.17. The fourth-order valence-corrected chi connectivity index (χ4v) is 2.82. The summed E-state index contributed by atoms with van der Waals surface area (Å²) in [5, 5.41) is 3.08. The van der Waals surface area contributed by atoms with Crippen molar-refractivity contribution in [2.75, 3.05) is 19.6 Å². The number of hydrogen-bond acceptors (Lipinski definition) is 3. The van der Waals surface area contributed by atoms with Gasteiger partial charge in [-0.05, 0) is 32.0 Å². The normalized spacial score (nSPS) is 11.1. The summed E-state index contributed by atoms with van der Waals surface area (Å²) in [5.41, 5.74) is 0.145. The summed E-state index contributed by atoms with van der Waals surface area (Å²) < 4.78 is 39.6. The lowest BCUT2D eigenvalue weighted by Gasteiger charge is -2.10. The van der Waals surface area contributed by atoms with Gasteiger partial charge >= 0.3 is 0 Å². The predicted molar refractivity (Wildman–Crippen MR) is 76.7 cm³/mol. The Morgan fingerprint density at radius 2 is 1.89 bits per heavy atom. The molecule has 0 radical (unpaired) electrons. The molecule has 1 aromatic carbocycles. The molecule has 0 spiro atoms. The first-order valence-electron chi connectivity index (χ1n) is 5.94. The zero-order valence-electron chi connectivity index (χ0n) is 11.1. The highest BCUT2D eigenvalue weighted by atomic mass is 35.5. The van der Waals surface area contributed by atoms with Crippen LogP contribution in [0, 0.1) is 12.7 Å². The van der Waals surface area contributed by atoms with Crippen LogP contribution in [0.2, 0.25) is 0 Å². The summed E-state index contributed by atoms with van der Waals surface area (Å²) in [6.45, 7) is 5.19. The molecule has 0 aliphatic rings. The van der Waals surface area contributed by atoms with E-state index in [0.717, 1.165) is 13.0 Å². The van der Waals surface area contributed by atoms with Gasteiger partial charge < -0.3 is 5.32 Å². The summed E-state index contributed by atoms with van der Waals surface area (Å²) in [4.78, 5) is -0.00186. The summed E-state index contributed by atoms with van der Waals surface area (Å²) in [6, 6.07) is 4.05. The van der Waals surface area contributed by atoms with E-state index in [9.17, 15) is 12.8 Å². The maximum absolute atomic E-state index is 13.3. The molecule has 0 aromatic heterocycles. The van der Waals surface area contributed by atoms with E-state index in [1.807, 2.05) is 6.92 Å². The van der Waals surface area contributed by atoms with Crippen molar-refractivity contribution >= 4 is 22.4 Å². The summed E-state index contributed by atoms with van der Waals surface area (Å²) >= 11 is 0. The molecule has 0 saturated heterocycles. The second-order valence-corrected chi connectivity index (χ2v) is 5.75. The Hall–Kier alpha value is -0.690. The molecule has 0 amide bonds. The first-order chi connectivity index (χ1) is 8.49. The Morgan fingerprint density at radius 3 is 2.53 bits per heavy atom. The third-order valence-corrected chi connectivity index (χ3v) is 4.13. The van der Waals surface area contributed by atoms with E-state index in [0.29, 0.717) is 6.54 Å². The number of rotatable bonds is 7. The number of hydrogen-bond donors (Lipinski definition) is 2. The quantitative estimate of drug-likeness (QED) is 0.756. The molecule has 1 rings (SSSR count). The van der Waals surface area contributed by atoms with Crippen LogP contribution in [0.25, 0.3) is 0 Å². The number of sulfonamides is 1. The third-order valence-electron chi connectivity index (χ3n) is 2.53. The molecule has 0 bridgehead atoms. The Labute approximate surface area is 120 Å². The SMILES string of the molecule is CCCNCCNS(=O)(=O)c1cccc(F)c1C.Cl. The van der Waals surface area contributed by atoms with Crippen molar-refractivity contribution in [2.24, 2.45) is 0 Å². The first-order valence-corrected chi connectivity index (χ1v) is 7.43. The zero-order valence-corrected chi connectivity index (χ0v) is 12.7. The van der Waals surface area contributed by atoms with Crippen molar-refractivity contribution in [1.29, 1.82) is 0 Å². The highest BCUT2D eigenvalue weighted by molar-refractivity contribution is 7.89. The maximum atomic E-state index is 13.3. The molecule has 1 aromatic rings. The molecular formula is C12H20ClFN2O2S. The Bertz CT molecular complexity index is 495. The number of nitrogens with one attached hydrogen (secondary N) is 2. The smallest absolute Gasteiger partial charge is 0.240 e. The van der Waals surface area contributed by atoms with Gasteiger partial charge in [0.1, 0.15) is 5.82 Å². The van der Waals surface area contributed by atoms with Gasteiger partial charge in [0.15, 0.2) is 0 Å². The maximum Gasteiger partial charge on any atom is 0.240 e. The number of halogens is 2. The lowest BCUT2D eigenvalue weighted by Crippen LogP contribution is -2.32. The van der Waals surface area contributed by atoms with Gasteiger partial charge in [0.2, 0.25) is 10.0 Å². The lowest BCUT2D eigenvalue weighted by molar-refractivity contribution is 0.569. The van der Waals surface area contributed by atoms with E-state index >= 15 is 0 Å². The Kier molecular flexibility index (Phi) is 8.17. The molecule has 19 heavy (non-hydrogen) atoms. The van der Waals surface area contributed by atoms with Crippen molar-refractivity contribution in [3.8, 4) is 0 Å². The van der Waals surface area contributed by atoms with Crippen LogP contribution in [0.15, 0.2) is 23.1 Å². The van der Waals surface area contributed by atoms with E-state index in [4.69, 9.17) is 0 Å². The summed E-state index contributed by atoms with van der Waals surface area (Å²) in [7, 11) is -3.63. The summed E-state index contributed by atoms with van der Waals surface area (Å²) in [5.74, 6) is -0.512. The Balaban J connectivity index is 0.00000324. The van der Waals surface area contributed by atoms with E-state index in [2.05, 4.69) is 10.0 Å². The van der Waals surface area contributed by atoms with Crippen LogP contribution >= 0.6 is 12.4 Å². The number of benzene rings is 1. The van der Waals surface area contributed by atoms with Crippen molar-refractivity contribution in [3.05, 3.63) is 29.6 Å². The molecule has 0 heterocycles. The molecule has 7 heteroatoms. The fraction of sp³-hybridized carbons (Fsp3) is 0.500. The van der Waals surface area contributed by atoms with Crippen molar-refractivity contribution in [2.45, 2.75) is 25.2 Å². The standard InChI is InChI=1S/C12H19FN2O2S.ClH/c1-3-7-14-8-9-15-18(16,17)12-6-4-5-11(13)10(12)2;/h4-6,14-15H,3,7-9H2,1-2H3;1H. The second-order valence-electron chi connectivity index (χ2n) is 4.01. The second kappa shape index (κ2) is 8.47. The molecule has 0 fully saturated rings. The summed E-state index contributed by atoms with van der Waals surface area (Å²) in [6.07, 6.45) is 0.996. The average molecular weight is 311 g/mol. The van der Waals surface area contributed by atoms with Crippen LogP contribution in [0.1, 0.15) is 18.9 Å². The van der Waals surface area contributed by atoms with Crippen LogP contribution in [0.3, 0.4) is 0 Å². The van der Waals surface area contributed by atoms with E-state index < -0.39 is 15.8 Å². The van der Waals surface area contributed by atoms with Gasteiger partial charge in [0.05, 0.1) is 4.90 Å². The lowest BCUT2D eigenvalue weighted by atomic mass is 10.2. The van der Waals surface area contributed by atoms with Crippen LogP contribution in [0.5, 0.6) is 0 Å².